The highest BCUT2D eigenvalue weighted by molar-refractivity contribution is 8.02. The molecule has 0 spiro atoms. The number of aromatic nitrogens is 3. The molecule has 0 amide bonds. The molecule has 2 aromatic heterocycles. The van der Waals surface area contributed by atoms with Crippen molar-refractivity contribution >= 4 is 35.0 Å². The number of hydrogen-bond acceptors (Lipinski definition) is 8. The largest absolute Gasteiger partial charge is 0.417 e. The molecular formula is C23H21F3N6OS. The molecule has 11 heteroatoms. The third kappa shape index (κ3) is 4.53. The van der Waals surface area contributed by atoms with Crippen molar-refractivity contribution in [1.82, 2.24) is 15.0 Å². The minimum absolute atomic E-state index is 0.135. The minimum Gasteiger partial charge on any atom is -0.384 e. The number of morpholine rings is 1. The number of nitrogens with two attached hydrogens (primary N) is 1. The predicted octanol–water partition coefficient (Wildman–Crippen LogP) is 4.49. The van der Waals surface area contributed by atoms with Crippen molar-refractivity contribution in [3.05, 3.63) is 65.2 Å². The summed E-state index contributed by atoms with van der Waals surface area (Å²) in [4.78, 5) is 17.1. The summed E-state index contributed by atoms with van der Waals surface area (Å²) in [5.41, 5.74) is 6.60. The summed E-state index contributed by atoms with van der Waals surface area (Å²) in [7, 11) is 0. The van der Waals surface area contributed by atoms with Crippen molar-refractivity contribution in [3.63, 3.8) is 0 Å². The maximum atomic E-state index is 13.9. The quantitative estimate of drug-likeness (QED) is 0.578. The van der Waals surface area contributed by atoms with Gasteiger partial charge in [-0.15, -0.1) is 11.8 Å². The van der Waals surface area contributed by atoms with Crippen LogP contribution in [0.5, 0.6) is 0 Å². The van der Waals surface area contributed by atoms with Gasteiger partial charge in [0.15, 0.2) is 0 Å². The van der Waals surface area contributed by atoms with E-state index in [1.54, 1.807) is 17.8 Å². The van der Waals surface area contributed by atoms with Crippen molar-refractivity contribution in [1.29, 1.82) is 0 Å². The van der Waals surface area contributed by atoms with E-state index in [-0.39, 0.29) is 17.1 Å². The fraction of sp³-hybridized carbons (Fsp3) is 0.261. The van der Waals surface area contributed by atoms with Crippen LogP contribution in [0.4, 0.5) is 30.8 Å². The zero-order valence-electron chi connectivity index (χ0n) is 18.0. The Kier molecular flexibility index (Phi) is 6.05. The molecular weight excluding hydrogens is 465 g/mol. The number of thioether (sulfide) groups is 1. The highest BCUT2D eigenvalue weighted by atomic mass is 32.2. The van der Waals surface area contributed by atoms with Gasteiger partial charge in [0.25, 0.3) is 0 Å². The Morgan fingerprint density at radius 2 is 1.79 bits per heavy atom. The van der Waals surface area contributed by atoms with Gasteiger partial charge in [-0.1, -0.05) is 30.3 Å². The average Bonchev–Trinajstić information content (AvgIpc) is 3.34. The number of ether oxygens (including phenoxy) is 1. The number of halogens is 3. The van der Waals surface area contributed by atoms with Crippen LogP contribution in [0.25, 0.3) is 17.0 Å². The first-order valence-corrected chi connectivity index (χ1v) is 11.6. The van der Waals surface area contributed by atoms with Gasteiger partial charge in [-0.25, -0.2) is 9.97 Å². The van der Waals surface area contributed by atoms with Crippen LogP contribution in [0, 0.1) is 0 Å². The lowest BCUT2D eigenvalue weighted by Gasteiger charge is -2.29. The fourth-order valence-electron chi connectivity index (χ4n) is 3.86. The molecule has 0 atom stereocenters. The number of nitrogen functional groups attached to an aromatic ring is 1. The second-order valence-electron chi connectivity index (χ2n) is 7.76. The Morgan fingerprint density at radius 1 is 1.03 bits per heavy atom. The number of pyridine rings is 1. The lowest BCUT2D eigenvalue weighted by Crippen LogP contribution is -2.37. The number of hydrogen-bond donors (Lipinski definition) is 1. The van der Waals surface area contributed by atoms with Gasteiger partial charge >= 0.3 is 6.18 Å². The molecule has 2 aliphatic rings. The van der Waals surface area contributed by atoms with E-state index in [1.165, 1.54) is 0 Å². The average molecular weight is 487 g/mol. The van der Waals surface area contributed by atoms with Crippen LogP contribution >= 0.6 is 11.8 Å². The normalized spacial score (nSPS) is 16.6. The van der Waals surface area contributed by atoms with Crippen LogP contribution in [0.1, 0.15) is 11.1 Å². The molecule has 0 aliphatic carbocycles. The molecule has 0 radical (unpaired) electrons. The maximum absolute atomic E-state index is 13.9. The molecule has 34 heavy (non-hydrogen) atoms. The maximum Gasteiger partial charge on any atom is 0.417 e. The molecule has 2 N–H and O–H groups in total. The summed E-state index contributed by atoms with van der Waals surface area (Å²) in [6.07, 6.45) is -3.49. The highest BCUT2D eigenvalue weighted by Crippen LogP contribution is 2.40. The summed E-state index contributed by atoms with van der Waals surface area (Å²) in [5, 5.41) is 2.03. The molecule has 176 valence electrons. The molecule has 0 unspecified atom stereocenters. The monoisotopic (exact) mass is 486 g/mol. The molecule has 0 bridgehead atoms. The molecule has 7 nitrogen and oxygen atoms in total. The summed E-state index contributed by atoms with van der Waals surface area (Å²) in [5.74, 6) is 1.24. The van der Waals surface area contributed by atoms with Crippen LogP contribution in [0.15, 0.2) is 54.1 Å². The van der Waals surface area contributed by atoms with Gasteiger partial charge in [0.1, 0.15) is 11.6 Å². The summed E-state index contributed by atoms with van der Waals surface area (Å²) < 4.78 is 47.1. The second kappa shape index (κ2) is 9.15. The summed E-state index contributed by atoms with van der Waals surface area (Å²) in [6, 6.07) is 12.2. The Hall–Kier alpha value is -3.31. The van der Waals surface area contributed by atoms with E-state index in [4.69, 9.17) is 15.5 Å². The lowest BCUT2D eigenvalue weighted by atomic mass is 10.1. The molecule has 2 aliphatic heterocycles. The lowest BCUT2D eigenvalue weighted by molar-refractivity contribution is -0.137. The van der Waals surface area contributed by atoms with E-state index >= 15 is 0 Å². The van der Waals surface area contributed by atoms with E-state index < -0.39 is 11.7 Å². The van der Waals surface area contributed by atoms with Crippen LogP contribution in [0.2, 0.25) is 0 Å². The Bertz CT molecular complexity index is 1220. The molecule has 1 fully saturated rings. The zero-order chi connectivity index (χ0) is 23.7. The minimum atomic E-state index is -4.62. The Labute approximate surface area is 198 Å². The summed E-state index contributed by atoms with van der Waals surface area (Å²) in [6.45, 7) is 2.08. The Balaban J connectivity index is 1.64. The fourth-order valence-corrected chi connectivity index (χ4v) is 4.78. The van der Waals surface area contributed by atoms with Gasteiger partial charge in [0.05, 0.1) is 36.0 Å². The first-order chi connectivity index (χ1) is 16.4. The van der Waals surface area contributed by atoms with Crippen LogP contribution in [0.3, 0.4) is 0 Å². The second-order valence-corrected chi connectivity index (χ2v) is 8.58. The molecule has 5 rings (SSSR count). The number of nitrogens with zero attached hydrogens (tertiary/aromatic N) is 5. The van der Waals surface area contributed by atoms with Gasteiger partial charge in [-0.2, -0.15) is 18.2 Å². The topological polar surface area (TPSA) is 80.4 Å². The smallest absolute Gasteiger partial charge is 0.384 e. The van der Waals surface area contributed by atoms with E-state index in [2.05, 4.69) is 9.97 Å². The van der Waals surface area contributed by atoms with Gasteiger partial charge in [0, 0.05) is 30.9 Å². The predicted molar refractivity (Wildman–Crippen MR) is 127 cm³/mol. The van der Waals surface area contributed by atoms with E-state index in [9.17, 15) is 13.2 Å². The van der Waals surface area contributed by atoms with Gasteiger partial charge in [0.2, 0.25) is 5.95 Å². The van der Waals surface area contributed by atoms with E-state index in [1.807, 2.05) is 45.5 Å². The number of benzene rings is 1. The van der Waals surface area contributed by atoms with Crippen molar-refractivity contribution in [2.24, 2.45) is 0 Å². The number of alkyl halides is 3. The first-order valence-electron chi connectivity index (χ1n) is 10.6. The molecule has 1 saturated heterocycles. The van der Waals surface area contributed by atoms with Gasteiger partial charge in [-0.05, 0) is 17.0 Å². The SMILES string of the molecule is Nc1cc(C(F)(F)F)c(-c2cc(N3CSC=C3c3ccccc3)nc(N3CCOCC3)n2)cn1. The number of rotatable bonds is 4. The highest BCUT2D eigenvalue weighted by Gasteiger charge is 2.35. The third-order valence-electron chi connectivity index (χ3n) is 5.54. The van der Waals surface area contributed by atoms with Crippen molar-refractivity contribution in [2.75, 3.05) is 47.7 Å². The van der Waals surface area contributed by atoms with Gasteiger partial charge < -0.3 is 20.3 Å². The molecule has 0 saturated carbocycles. The Morgan fingerprint density at radius 3 is 2.53 bits per heavy atom. The zero-order valence-corrected chi connectivity index (χ0v) is 18.8. The molecule has 3 aromatic rings. The van der Waals surface area contributed by atoms with Crippen LogP contribution < -0.4 is 15.5 Å². The van der Waals surface area contributed by atoms with Crippen molar-refractivity contribution in [3.8, 4) is 11.3 Å². The van der Waals surface area contributed by atoms with Crippen molar-refractivity contribution < 1.29 is 17.9 Å². The summed E-state index contributed by atoms with van der Waals surface area (Å²) >= 11 is 1.59. The van der Waals surface area contributed by atoms with Gasteiger partial charge in [-0.3, -0.25) is 0 Å². The van der Waals surface area contributed by atoms with Crippen molar-refractivity contribution in [2.45, 2.75) is 6.18 Å². The van der Waals surface area contributed by atoms with Crippen LogP contribution in [-0.4, -0.2) is 47.1 Å². The molecule has 1 aromatic carbocycles. The van der Waals surface area contributed by atoms with E-state index in [0.29, 0.717) is 43.9 Å². The third-order valence-corrected chi connectivity index (χ3v) is 6.33. The van der Waals surface area contributed by atoms with Crippen LogP contribution in [-0.2, 0) is 10.9 Å². The standard InChI is InChI=1S/C23H21F3N6OS/c24-23(25,26)17-10-20(27)28-12-16(17)18-11-21(30-22(29-18)31-6-8-33-9-7-31)32-14-34-13-19(32)15-4-2-1-3-5-15/h1-5,10-13H,6-9,14H2,(H2,27,28). The number of anilines is 3. The van der Waals surface area contributed by atoms with E-state index in [0.717, 1.165) is 23.5 Å². The first kappa shape index (κ1) is 22.5. The molecule has 4 heterocycles.